The van der Waals surface area contributed by atoms with Crippen LogP contribution in [0.3, 0.4) is 0 Å². The standard InChI is InChI=1S/C11H19N3O2/c1-4-15-7-10-13-9(12)5-11(14-10)16-6-8(2)3/h5,8H,4,6-7H2,1-3H3,(H2,12,13,14). The number of nitrogens with two attached hydrogens (primary N) is 1. The van der Waals surface area contributed by atoms with E-state index < -0.39 is 0 Å². The summed E-state index contributed by atoms with van der Waals surface area (Å²) >= 11 is 0. The molecule has 2 N–H and O–H groups in total. The number of rotatable bonds is 6. The third-order valence-corrected chi connectivity index (χ3v) is 1.77. The van der Waals surface area contributed by atoms with E-state index in [0.717, 1.165) is 0 Å². The fraction of sp³-hybridized carbons (Fsp3) is 0.636. The molecule has 0 aliphatic heterocycles. The third kappa shape index (κ3) is 4.44. The van der Waals surface area contributed by atoms with Gasteiger partial charge in [0.1, 0.15) is 12.4 Å². The first kappa shape index (κ1) is 12.7. The Bertz CT molecular complexity index is 329. The average molecular weight is 225 g/mol. The van der Waals surface area contributed by atoms with Crippen LogP contribution in [-0.2, 0) is 11.3 Å². The van der Waals surface area contributed by atoms with Crippen molar-refractivity contribution in [2.75, 3.05) is 18.9 Å². The zero-order chi connectivity index (χ0) is 12.0. The smallest absolute Gasteiger partial charge is 0.218 e. The van der Waals surface area contributed by atoms with E-state index >= 15 is 0 Å². The van der Waals surface area contributed by atoms with Crippen molar-refractivity contribution < 1.29 is 9.47 Å². The predicted octanol–water partition coefficient (Wildman–Crippen LogP) is 1.63. The van der Waals surface area contributed by atoms with Crippen LogP contribution >= 0.6 is 0 Å². The Morgan fingerprint density at radius 3 is 2.75 bits per heavy atom. The summed E-state index contributed by atoms with van der Waals surface area (Å²) in [5.74, 6) is 1.92. The molecule has 0 saturated heterocycles. The van der Waals surface area contributed by atoms with Gasteiger partial charge in [0.2, 0.25) is 5.88 Å². The molecule has 0 aliphatic rings. The monoisotopic (exact) mass is 225 g/mol. The number of ether oxygens (including phenoxy) is 2. The lowest BCUT2D eigenvalue weighted by Crippen LogP contribution is -2.09. The van der Waals surface area contributed by atoms with Crippen molar-refractivity contribution >= 4 is 5.82 Å². The third-order valence-electron chi connectivity index (χ3n) is 1.77. The molecule has 1 aromatic heterocycles. The zero-order valence-electron chi connectivity index (χ0n) is 10.1. The van der Waals surface area contributed by atoms with Crippen molar-refractivity contribution in [1.82, 2.24) is 9.97 Å². The van der Waals surface area contributed by atoms with Crippen molar-refractivity contribution in [1.29, 1.82) is 0 Å². The van der Waals surface area contributed by atoms with Crippen molar-refractivity contribution in [2.45, 2.75) is 27.4 Å². The van der Waals surface area contributed by atoms with Crippen molar-refractivity contribution in [2.24, 2.45) is 5.92 Å². The Labute approximate surface area is 96.0 Å². The molecule has 0 aromatic carbocycles. The molecule has 0 fully saturated rings. The SMILES string of the molecule is CCOCc1nc(N)cc(OCC(C)C)n1. The summed E-state index contributed by atoms with van der Waals surface area (Å²) in [4.78, 5) is 8.26. The molecule has 0 atom stereocenters. The van der Waals surface area contributed by atoms with Gasteiger partial charge in [0, 0.05) is 12.7 Å². The first-order valence-corrected chi connectivity index (χ1v) is 5.45. The van der Waals surface area contributed by atoms with Gasteiger partial charge in [-0.2, -0.15) is 4.98 Å². The van der Waals surface area contributed by atoms with E-state index in [9.17, 15) is 0 Å². The van der Waals surface area contributed by atoms with Gasteiger partial charge in [-0.25, -0.2) is 4.98 Å². The molecule has 0 amide bonds. The van der Waals surface area contributed by atoms with E-state index in [1.807, 2.05) is 6.92 Å². The Morgan fingerprint density at radius 2 is 2.12 bits per heavy atom. The molecule has 1 rings (SSSR count). The number of nitrogen functional groups attached to an aromatic ring is 1. The van der Waals surface area contributed by atoms with Gasteiger partial charge < -0.3 is 15.2 Å². The van der Waals surface area contributed by atoms with Gasteiger partial charge in [-0.05, 0) is 12.8 Å². The molecule has 1 aromatic rings. The second-order valence-corrected chi connectivity index (χ2v) is 3.89. The second-order valence-electron chi connectivity index (χ2n) is 3.89. The second kappa shape index (κ2) is 6.27. The van der Waals surface area contributed by atoms with E-state index in [-0.39, 0.29) is 0 Å². The molecule has 0 radical (unpaired) electrons. The molecule has 0 spiro atoms. The number of aromatic nitrogens is 2. The fourth-order valence-electron chi connectivity index (χ4n) is 1.08. The number of anilines is 1. The minimum absolute atomic E-state index is 0.361. The van der Waals surface area contributed by atoms with E-state index in [2.05, 4.69) is 23.8 Å². The zero-order valence-corrected chi connectivity index (χ0v) is 10.1. The van der Waals surface area contributed by atoms with Crippen molar-refractivity contribution in [3.8, 4) is 5.88 Å². The topological polar surface area (TPSA) is 70.3 Å². The minimum atomic E-state index is 0.361. The van der Waals surface area contributed by atoms with Gasteiger partial charge in [0.15, 0.2) is 5.82 Å². The van der Waals surface area contributed by atoms with E-state index in [0.29, 0.717) is 43.3 Å². The highest BCUT2D eigenvalue weighted by molar-refractivity contribution is 5.32. The van der Waals surface area contributed by atoms with Gasteiger partial charge >= 0.3 is 0 Å². The predicted molar refractivity (Wildman–Crippen MR) is 62.1 cm³/mol. The molecule has 5 nitrogen and oxygen atoms in total. The quantitative estimate of drug-likeness (QED) is 0.796. The largest absolute Gasteiger partial charge is 0.477 e. The summed E-state index contributed by atoms with van der Waals surface area (Å²) in [5, 5.41) is 0. The highest BCUT2D eigenvalue weighted by Crippen LogP contribution is 2.12. The highest BCUT2D eigenvalue weighted by Gasteiger charge is 2.04. The van der Waals surface area contributed by atoms with Crippen LogP contribution < -0.4 is 10.5 Å². The number of hydrogen-bond acceptors (Lipinski definition) is 5. The van der Waals surface area contributed by atoms with Crippen molar-refractivity contribution in [3.63, 3.8) is 0 Å². The van der Waals surface area contributed by atoms with E-state index in [4.69, 9.17) is 15.2 Å². The molecule has 0 saturated carbocycles. The highest BCUT2D eigenvalue weighted by atomic mass is 16.5. The molecule has 0 bridgehead atoms. The molecule has 1 heterocycles. The average Bonchev–Trinajstić information content (AvgIpc) is 2.23. The molecule has 16 heavy (non-hydrogen) atoms. The van der Waals surface area contributed by atoms with Crippen molar-refractivity contribution in [3.05, 3.63) is 11.9 Å². The van der Waals surface area contributed by atoms with E-state index in [1.54, 1.807) is 6.07 Å². The van der Waals surface area contributed by atoms with Crippen LogP contribution in [0.4, 0.5) is 5.82 Å². The van der Waals surface area contributed by atoms with Gasteiger partial charge in [0.05, 0.1) is 6.61 Å². The molecule has 0 unspecified atom stereocenters. The lowest BCUT2D eigenvalue weighted by Gasteiger charge is -2.09. The maximum atomic E-state index is 5.65. The fourth-order valence-corrected chi connectivity index (χ4v) is 1.08. The summed E-state index contributed by atoms with van der Waals surface area (Å²) in [5.41, 5.74) is 5.65. The lowest BCUT2D eigenvalue weighted by atomic mass is 10.2. The molecular weight excluding hydrogens is 206 g/mol. The van der Waals surface area contributed by atoms with Crippen LogP contribution in [0.15, 0.2) is 6.07 Å². The Hall–Kier alpha value is -1.36. The Kier molecular flexibility index (Phi) is 4.98. The van der Waals surface area contributed by atoms with Crippen LogP contribution in [0.2, 0.25) is 0 Å². The lowest BCUT2D eigenvalue weighted by molar-refractivity contribution is 0.127. The molecule has 0 aliphatic carbocycles. The number of nitrogens with zero attached hydrogens (tertiary/aromatic N) is 2. The summed E-state index contributed by atoms with van der Waals surface area (Å²) in [7, 11) is 0. The summed E-state index contributed by atoms with van der Waals surface area (Å²) in [6.07, 6.45) is 0. The van der Waals surface area contributed by atoms with Gasteiger partial charge in [0.25, 0.3) is 0 Å². The van der Waals surface area contributed by atoms with Crippen LogP contribution in [0.25, 0.3) is 0 Å². The molecule has 5 heteroatoms. The normalized spacial score (nSPS) is 10.8. The van der Waals surface area contributed by atoms with Crippen LogP contribution in [0.5, 0.6) is 5.88 Å². The van der Waals surface area contributed by atoms with E-state index in [1.165, 1.54) is 0 Å². The first-order valence-electron chi connectivity index (χ1n) is 5.45. The van der Waals surface area contributed by atoms with Gasteiger partial charge in [-0.1, -0.05) is 13.8 Å². The molecule has 90 valence electrons. The Morgan fingerprint density at radius 1 is 1.38 bits per heavy atom. The molecular formula is C11H19N3O2. The van der Waals surface area contributed by atoms with Crippen LogP contribution in [-0.4, -0.2) is 23.2 Å². The van der Waals surface area contributed by atoms with Gasteiger partial charge in [-0.3, -0.25) is 0 Å². The van der Waals surface area contributed by atoms with Crippen LogP contribution in [0, 0.1) is 5.92 Å². The maximum Gasteiger partial charge on any atom is 0.218 e. The first-order chi connectivity index (χ1) is 7.61. The number of hydrogen-bond donors (Lipinski definition) is 1. The summed E-state index contributed by atoms with van der Waals surface area (Å²) in [6, 6.07) is 1.62. The maximum absolute atomic E-state index is 5.65. The minimum Gasteiger partial charge on any atom is -0.477 e. The Balaban J connectivity index is 2.65. The van der Waals surface area contributed by atoms with Gasteiger partial charge in [-0.15, -0.1) is 0 Å². The van der Waals surface area contributed by atoms with Crippen LogP contribution in [0.1, 0.15) is 26.6 Å². The summed E-state index contributed by atoms with van der Waals surface area (Å²) in [6.45, 7) is 7.67. The summed E-state index contributed by atoms with van der Waals surface area (Å²) < 4.78 is 10.7.